The number of benzene rings is 1. The number of cyclic esters (lactones) is 1. The second-order valence-corrected chi connectivity index (χ2v) is 9.55. The number of alkyl carbamates (subject to hydrolysis) is 1. The summed E-state index contributed by atoms with van der Waals surface area (Å²) in [7, 11) is 0.473. The van der Waals surface area contributed by atoms with E-state index in [1.807, 2.05) is 13.0 Å². The van der Waals surface area contributed by atoms with E-state index in [2.05, 4.69) is 19.9 Å². The Morgan fingerprint density at radius 1 is 1.33 bits per heavy atom. The Balaban J connectivity index is 1.47. The second kappa shape index (κ2) is 9.74. The Morgan fingerprint density at radius 3 is 2.76 bits per heavy atom. The highest BCUT2D eigenvalue weighted by molar-refractivity contribution is 7.85. The molecule has 0 radical (unpaired) electrons. The van der Waals surface area contributed by atoms with Gasteiger partial charge < -0.3 is 19.7 Å². The number of hydrogen-bond donors (Lipinski definition) is 1. The van der Waals surface area contributed by atoms with E-state index < -0.39 is 34.9 Å². The molecule has 1 atom stereocenters. The van der Waals surface area contributed by atoms with Crippen LogP contribution in [0.1, 0.15) is 5.56 Å². The van der Waals surface area contributed by atoms with E-state index in [0.717, 1.165) is 11.4 Å². The van der Waals surface area contributed by atoms with Crippen LogP contribution in [0.5, 0.6) is 0 Å². The molecule has 2 aliphatic heterocycles. The fraction of sp³-hybridized carbons (Fsp3) is 0.409. The van der Waals surface area contributed by atoms with E-state index >= 15 is 4.39 Å². The van der Waals surface area contributed by atoms with Gasteiger partial charge >= 0.3 is 12.2 Å². The SMILES string of the molecule is COC(=O)NCC1CN(c2ccc(-c3cnc(N4CCS(=O)CC4)c(C)c3)c(F)c2)C(=O)O1. The fourth-order valence-corrected chi connectivity index (χ4v) is 4.96. The highest BCUT2D eigenvalue weighted by Gasteiger charge is 2.33. The first-order valence-corrected chi connectivity index (χ1v) is 12.0. The lowest BCUT2D eigenvalue weighted by molar-refractivity contribution is 0.132. The van der Waals surface area contributed by atoms with Gasteiger partial charge in [0.15, 0.2) is 0 Å². The summed E-state index contributed by atoms with van der Waals surface area (Å²) in [5.74, 6) is 1.58. The van der Waals surface area contributed by atoms with Crippen molar-refractivity contribution in [3.63, 3.8) is 0 Å². The lowest BCUT2D eigenvalue weighted by Gasteiger charge is -2.28. The Labute approximate surface area is 193 Å². The molecule has 2 aliphatic rings. The average molecular weight is 477 g/mol. The molecular weight excluding hydrogens is 451 g/mol. The van der Waals surface area contributed by atoms with Crippen LogP contribution in [0.3, 0.4) is 0 Å². The normalized spacial score (nSPS) is 18.9. The van der Waals surface area contributed by atoms with E-state index in [1.165, 1.54) is 18.1 Å². The highest BCUT2D eigenvalue weighted by atomic mass is 32.2. The smallest absolute Gasteiger partial charge is 0.414 e. The number of ether oxygens (including phenoxy) is 2. The minimum Gasteiger partial charge on any atom is -0.453 e. The number of nitrogens with one attached hydrogen (secondary N) is 1. The molecule has 3 heterocycles. The van der Waals surface area contributed by atoms with E-state index in [1.54, 1.807) is 18.3 Å². The number of halogens is 1. The molecule has 176 valence electrons. The summed E-state index contributed by atoms with van der Waals surface area (Å²) >= 11 is 0. The van der Waals surface area contributed by atoms with Gasteiger partial charge in [-0.15, -0.1) is 0 Å². The van der Waals surface area contributed by atoms with Crippen molar-refractivity contribution in [3.8, 4) is 11.1 Å². The number of rotatable bonds is 5. The molecule has 4 rings (SSSR count). The maximum Gasteiger partial charge on any atom is 0.414 e. The summed E-state index contributed by atoms with van der Waals surface area (Å²) in [5, 5.41) is 2.48. The van der Waals surface area contributed by atoms with Gasteiger partial charge in [-0.1, -0.05) is 0 Å². The fourth-order valence-electron chi connectivity index (χ4n) is 3.91. The molecule has 0 saturated carbocycles. The summed E-state index contributed by atoms with van der Waals surface area (Å²) in [4.78, 5) is 31.4. The van der Waals surface area contributed by atoms with Gasteiger partial charge in [0, 0.05) is 52.7 Å². The van der Waals surface area contributed by atoms with Gasteiger partial charge in [0.25, 0.3) is 0 Å². The lowest BCUT2D eigenvalue weighted by atomic mass is 10.0. The highest BCUT2D eigenvalue weighted by Crippen LogP contribution is 2.31. The van der Waals surface area contributed by atoms with E-state index in [0.29, 0.717) is 41.4 Å². The van der Waals surface area contributed by atoms with Gasteiger partial charge in [-0.05, 0) is 36.8 Å². The third kappa shape index (κ3) is 5.08. The molecule has 11 heteroatoms. The van der Waals surface area contributed by atoms with Gasteiger partial charge in [-0.2, -0.15) is 0 Å². The summed E-state index contributed by atoms with van der Waals surface area (Å²) < 4.78 is 36.4. The zero-order chi connectivity index (χ0) is 23.5. The molecule has 2 saturated heterocycles. The molecule has 33 heavy (non-hydrogen) atoms. The van der Waals surface area contributed by atoms with Crippen LogP contribution in [0.2, 0.25) is 0 Å². The minimum absolute atomic E-state index is 0.0969. The number of aryl methyl sites for hydroxylation is 1. The average Bonchev–Trinajstić information content (AvgIpc) is 3.18. The Morgan fingerprint density at radius 2 is 2.09 bits per heavy atom. The van der Waals surface area contributed by atoms with Gasteiger partial charge in [-0.3, -0.25) is 9.11 Å². The topological polar surface area (TPSA) is 101 Å². The van der Waals surface area contributed by atoms with Crippen LogP contribution in [0.4, 0.5) is 25.5 Å². The zero-order valence-electron chi connectivity index (χ0n) is 18.4. The van der Waals surface area contributed by atoms with Crippen LogP contribution in [-0.4, -0.2) is 72.3 Å². The van der Waals surface area contributed by atoms with E-state index in [4.69, 9.17) is 4.74 Å². The third-order valence-corrected chi connectivity index (χ3v) is 6.91. The van der Waals surface area contributed by atoms with Crippen LogP contribution in [0, 0.1) is 12.7 Å². The molecule has 9 nitrogen and oxygen atoms in total. The first-order valence-electron chi connectivity index (χ1n) is 10.5. The summed E-state index contributed by atoms with van der Waals surface area (Å²) in [6, 6.07) is 6.43. The number of anilines is 2. The molecule has 0 bridgehead atoms. The lowest BCUT2D eigenvalue weighted by Crippen LogP contribution is -2.38. The first-order chi connectivity index (χ1) is 15.9. The molecule has 2 aromatic rings. The Kier molecular flexibility index (Phi) is 6.77. The molecule has 1 aromatic heterocycles. The summed E-state index contributed by atoms with van der Waals surface area (Å²) in [6.07, 6.45) is -0.163. The maximum atomic E-state index is 15.0. The number of nitrogens with zero attached hydrogens (tertiary/aromatic N) is 3. The Bertz CT molecular complexity index is 1090. The van der Waals surface area contributed by atoms with Crippen molar-refractivity contribution < 1.29 is 27.7 Å². The van der Waals surface area contributed by atoms with Crippen LogP contribution in [-0.2, 0) is 20.3 Å². The quantitative estimate of drug-likeness (QED) is 0.707. The van der Waals surface area contributed by atoms with Crippen molar-refractivity contribution in [1.29, 1.82) is 0 Å². The van der Waals surface area contributed by atoms with Crippen molar-refractivity contribution >= 4 is 34.5 Å². The van der Waals surface area contributed by atoms with Gasteiger partial charge in [0.05, 0.1) is 25.9 Å². The maximum absolute atomic E-state index is 15.0. The van der Waals surface area contributed by atoms with Crippen LogP contribution in [0.15, 0.2) is 30.5 Å². The van der Waals surface area contributed by atoms with Crippen molar-refractivity contribution in [2.24, 2.45) is 0 Å². The number of amides is 2. The number of carbonyl (C=O) groups is 2. The summed E-state index contributed by atoms with van der Waals surface area (Å²) in [6.45, 7) is 3.57. The third-order valence-electron chi connectivity index (χ3n) is 5.64. The van der Waals surface area contributed by atoms with Gasteiger partial charge in [-0.25, -0.2) is 19.0 Å². The number of pyridine rings is 1. The van der Waals surface area contributed by atoms with Crippen molar-refractivity contribution in [2.45, 2.75) is 13.0 Å². The van der Waals surface area contributed by atoms with Crippen LogP contribution in [0.25, 0.3) is 11.1 Å². The first kappa shape index (κ1) is 23.0. The van der Waals surface area contributed by atoms with E-state index in [-0.39, 0.29) is 13.1 Å². The molecule has 1 N–H and O–H groups in total. The predicted octanol–water partition coefficient (Wildman–Crippen LogP) is 2.45. The predicted molar refractivity (Wildman–Crippen MR) is 122 cm³/mol. The molecule has 2 fully saturated rings. The number of aromatic nitrogens is 1. The van der Waals surface area contributed by atoms with Crippen molar-refractivity contribution in [2.75, 3.05) is 54.6 Å². The number of carbonyl (C=O) groups excluding carboxylic acids is 2. The standard InChI is InChI=1S/C22H25FN4O5S/c1-14-9-15(11-24-20(14)26-5-7-33(30)8-6-26)18-4-3-16(10-19(18)23)27-13-17(32-22(27)29)12-25-21(28)31-2/h3-4,9-11,17H,5-8,12-13H2,1-2H3,(H,25,28). The minimum atomic E-state index is -0.771. The zero-order valence-corrected chi connectivity index (χ0v) is 19.2. The second-order valence-electron chi connectivity index (χ2n) is 7.85. The van der Waals surface area contributed by atoms with Crippen molar-refractivity contribution in [3.05, 3.63) is 41.8 Å². The molecule has 2 amide bonds. The van der Waals surface area contributed by atoms with E-state index in [9.17, 15) is 13.8 Å². The molecule has 1 unspecified atom stereocenters. The van der Waals surface area contributed by atoms with Crippen LogP contribution < -0.4 is 15.1 Å². The van der Waals surface area contributed by atoms with Gasteiger partial charge in [0.1, 0.15) is 17.7 Å². The number of hydrogen-bond acceptors (Lipinski definition) is 7. The van der Waals surface area contributed by atoms with Gasteiger partial charge in [0.2, 0.25) is 0 Å². The monoisotopic (exact) mass is 476 g/mol. The molecule has 0 aliphatic carbocycles. The number of methoxy groups -OCH3 is 1. The Hall–Kier alpha value is -3.21. The van der Waals surface area contributed by atoms with Crippen LogP contribution >= 0.6 is 0 Å². The largest absolute Gasteiger partial charge is 0.453 e. The summed E-state index contributed by atoms with van der Waals surface area (Å²) in [5.41, 5.74) is 2.28. The van der Waals surface area contributed by atoms with Crippen molar-refractivity contribution in [1.82, 2.24) is 10.3 Å². The molecular formula is C22H25FN4O5S. The molecule has 1 aromatic carbocycles. The molecule has 0 spiro atoms.